The van der Waals surface area contributed by atoms with E-state index in [-0.39, 0.29) is 84.0 Å². The predicted molar refractivity (Wildman–Crippen MR) is 56.4 cm³/mol. The van der Waals surface area contributed by atoms with Gasteiger partial charge in [-0.15, -0.1) is 0 Å². The third-order valence-electron chi connectivity index (χ3n) is 1.20. The van der Waals surface area contributed by atoms with Crippen LogP contribution in [0.2, 0.25) is 0 Å². The molecule has 0 heterocycles. The van der Waals surface area contributed by atoms with Crippen LogP contribution in [-0.2, 0) is 21.1 Å². The van der Waals surface area contributed by atoms with Gasteiger partial charge in [0.25, 0.3) is 0 Å². The van der Waals surface area contributed by atoms with Gasteiger partial charge in [0.15, 0.2) is 0 Å². The monoisotopic (exact) mass is 513 g/mol. The summed E-state index contributed by atoms with van der Waals surface area (Å²) in [6.07, 6.45) is -0.486. The summed E-state index contributed by atoms with van der Waals surface area (Å²) in [6.45, 7) is 0. The molecule has 0 aliphatic rings. The summed E-state index contributed by atoms with van der Waals surface area (Å²) in [5, 5.41) is 49.4. The van der Waals surface area contributed by atoms with Crippen LogP contribution in [-0.4, -0.2) is 68.7 Å². The van der Waals surface area contributed by atoms with E-state index in [1.54, 1.807) is 0 Å². The maximum absolute atomic E-state index is 8.23. The van der Waals surface area contributed by atoms with E-state index in [1.807, 2.05) is 0 Å². The quantitative estimate of drug-likeness (QED) is 0.196. The van der Waals surface area contributed by atoms with Crippen LogP contribution in [0, 0.1) is 0 Å². The minimum atomic E-state index is -0.887. The molecule has 11 heteroatoms. The van der Waals surface area contributed by atoms with E-state index >= 15 is 0 Å². The molecule has 112 valence electrons. The Kier molecular flexibility index (Phi) is 48.8. The van der Waals surface area contributed by atoms with Crippen molar-refractivity contribution in [3.05, 3.63) is 0 Å². The van der Waals surface area contributed by atoms with Crippen LogP contribution >= 0.6 is 15.8 Å². The Hall–Kier alpha value is 1.89. The number of rotatable bonds is 6. The maximum Gasteiger partial charge on any atom is 2.00 e. The molecule has 0 radical (unpaired) electrons. The molecule has 0 unspecified atom stereocenters. The van der Waals surface area contributed by atoms with Crippen molar-refractivity contribution in [1.29, 1.82) is 0 Å². The smallest absolute Gasteiger partial charge is 1.00 e. The molecule has 6 N–H and O–H groups in total. The zero-order valence-corrected chi connectivity index (χ0v) is 14.5. The van der Waals surface area contributed by atoms with E-state index in [0.717, 1.165) is 0 Å². The number of hydrogen-bond donors (Lipinski definition) is 6. The van der Waals surface area contributed by atoms with Crippen LogP contribution in [0.15, 0.2) is 0 Å². The fourth-order valence-electron chi connectivity index (χ4n) is 0.268. The molecule has 0 fully saturated rings. The molecule has 0 bridgehead atoms. The maximum atomic E-state index is 8.23. The Balaban J connectivity index is -0.0000000480. The molecule has 17 heavy (non-hydrogen) atoms. The van der Waals surface area contributed by atoms with E-state index < -0.39 is 15.8 Å². The first-order valence-corrected chi connectivity index (χ1v) is 7.59. The normalized spacial score (nSPS) is 8.47. The van der Waals surface area contributed by atoms with Crippen LogP contribution in [0.4, 0.5) is 0 Å². The molecule has 0 aromatic carbocycles. The molecular formula is C6H18Cl2O6P2Pt. The number of hydrogen-bond acceptors (Lipinski definition) is 6. The van der Waals surface area contributed by atoms with Crippen molar-refractivity contribution >= 4 is 15.8 Å². The summed E-state index contributed by atoms with van der Waals surface area (Å²) in [4.78, 5) is 0. The Morgan fingerprint density at radius 3 is 0.588 bits per heavy atom. The van der Waals surface area contributed by atoms with Crippen LogP contribution in [0.1, 0.15) is 0 Å². The van der Waals surface area contributed by atoms with Crippen molar-refractivity contribution in [3.63, 3.8) is 0 Å². The fourth-order valence-corrected chi connectivity index (χ4v) is 0.805. The second kappa shape index (κ2) is 26.5. The van der Waals surface area contributed by atoms with E-state index in [0.29, 0.717) is 0 Å². The van der Waals surface area contributed by atoms with Crippen LogP contribution in [0.5, 0.6) is 0 Å². The van der Waals surface area contributed by atoms with Crippen molar-refractivity contribution < 1.29 is 76.5 Å². The molecule has 0 aliphatic carbocycles. The summed E-state index contributed by atoms with van der Waals surface area (Å²) in [5.41, 5.74) is 0. The topological polar surface area (TPSA) is 121 Å². The Morgan fingerprint density at radius 1 is 0.471 bits per heavy atom. The summed E-state index contributed by atoms with van der Waals surface area (Å²) in [6, 6.07) is 0. The van der Waals surface area contributed by atoms with Gasteiger partial charge in [-0.3, -0.25) is 0 Å². The SMILES string of the molecule is OCP(CO)CO.OCP(CO)CO.[Cl-].[Cl-].[Pt+2]. The van der Waals surface area contributed by atoms with Crippen molar-refractivity contribution in [2.75, 3.05) is 38.1 Å². The van der Waals surface area contributed by atoms with Crippen LogP contribution in [0.25, 0.3) is 0 Å². The fraction of sp³-hybridized carbons (Fsp3) is 1.00. The minimum Gasteiger partial charge on any atom is -1.00 e. The Morgan fingerprint density at radius 2 is 0.588 bits per heavy atom. The van der Waals surface area contributed by atoms with Gasteiger partial charge in [-0.1, -0.05) is 0 Å². The summed E-state index contributed by atoms with van der Waals surface area (Å²) in [7, 11) is -1.77. The largest absolute Gasteiger partial charge is 2.00 e. The van der Waals surface area contributed by atoms with E-state index in [1.165, 1.54) is 0 Å². The van der Waals surface area contributed by atoms with Gasteiger partial charge in [0.1, 0.15) is 0 Å². The molecule has 0 saturated heterocycles. The standard InChI is InChI=1S/2C3H9O3P.2ClH.Pt/c2*4-1-7(2-5)3-6;;;/h2*4-6H,1-3H2;2*1H;/q;;;;+2/p-2. The van der Waals surface area contributed by atoms with E-state index in [9.17, 15) is 0 Å². The van der Waals surface area contributed by atoms with Gasteiger partial charge < -0.3 is 55.5 Å². The van der Waals surface area contributed by atoms with E-state index in [4.69, 9.17) is 30.6 Å². The molecule has 0 aliphatic heterocycles. The minimum absolute atomic E-state index is 0. The third kappa shape index (κ3) is 23.4. The van der Waals surface area contributed by atoms with Gasteiger partial charge in [0.2, 0.25) is 0 Å². The second-order valence-electron chi connectivity index (χ2n) is 2.19. The molecule has 0 amide bonds. The van der Waals surface area contributed by atoms with Gasteiger partial charge in [-0.25, -0.2) is 0 Å². The van der Waals surface area contributed by atoms with Gasteiger partial charge in [-0.05, 0) is 15.8 Å². The van der Waals surface area contributed by atoms with Crippen LogP contribution < -0.4 is 24.8 Å². The predicted octanol–water partition coefficient (Wildman–Crippen LogP) is -7.36. The summed E-state index contributed by atoms with van der Waals surface area (Å²) >= 11 is 0. The average molecular weight is 514 g/mol. The first kappa shape index (κ1) is 31.3. The Labute approximate surface area is 130 Å². The molecule has 0 atom stereocenters. The van der Waals surface area contributed by atoms with E-state index in [2.05, 4.69) is 0 Å². The molecule has 0 aromatic heterocycles. The van der Waals surface area contributed by atoms with Gasteiger partial charge in [-0.2, -0.15) is 0 Å². The molecule has 6 nitrogen and oxygen atoms in total. The second-order valence-corrected chi connectivity index (χ2v) is 6.57. The van der Waals surface area contributed by atoms with Gasteiger partial charge in [0.05, 0.1) is 38.1 Å². The number of halogens is 2. The van der Waals surface area contributed by atoms with Crippen molar-refractivity contribution in [2.45, 2.75) is 0 Å². The molecular weight excluding hydrogens is 496 g/mol. The zero-order valence-electron chi connectivity index (χ0n) is 8.89. The van der Waals surface area contributed by atoms with Crippen LogP contribution in [0.3, 0.4) is 0 Å². The summed E-state index contributed by atoms with van der Waals surface area (Å²) in [5.74, 6) is 0. The average Bonchev–Trinajstić information content (AvgIpc) is 2.24. The van der Waals surface area contributed by atoms with Gasteiger partial charge in [0, 0.05) is 0 Å². The molecule has 0 rings (SSSR count). The first-order chi connectivity index (χ1) is 6.69. The third-order valence-corrected chi connectivity index (χ3v) is 3.60. The van der Waals surface area contributed by atoms with Gasteiger partial charge >= 0.3 is 21.1 Å². The first-order valence-electron chi connectivity index (χ1n) is 3.79. The molecule has 0 aromatic rings. The van der Waals surface area contributed by atoms with Crippen molar-refractivity contribution in [1.82, 2.24) is 0 Å². The molecule has 0 saturated carbocycles. The number of aliphatic hydroxyl groups is 6. The van der Waals surface area contributed by atoms with Crippen molar-refractivity contribution in [3.8, 4) is 0 Å². The van der Waals surface area contributed by atoms with Crippen molar-refractivity contribution in [2.24, 2.45) is 0 Å². The zero-order chi connectivity index (χ0) is 11.4. The summed E-state index contributed by atoms with van der Waals surface area (Å²) < 4.78 is 0. The Bertz CT molecular complexity index is 89.5. The molecule has 0 spiro atoms. The number of aliphatic hydroxyl groups excluding tert-OH is 6.